The molecule has 0 aromatic rings. The summed E-state index contributed by atoms with van der Waals surface area (Å²) in [6, 6.07) is 0.975. The van der Waals surface area contributed by atoms with Gasteiger partial charge in [-0.1, -0.05) is 0 Å². The van der Waals surface area contributed by atoms with Crippen LogP contribution in [-0.2, 0) is 0 Å². The van der Waals surface area contributed by atoms with Crippen molar-refractivity contribution >= 4 is 0 Å². The monoisotopic (exact) mass is 138 g/mol. The standard InChI is InChI=1S/C8H14N2/c1-2-4-9-5-7-6-10(7)8(9)3-1/h7-8H,1-6H2. The van der Waals surface area contributed by atoms with Gasteiger partial charge in [0.1, 0.15) is 0 Å². The van der Waals surface area contributed by atoms with Crippen LogP contribution in [0.25, 0.3) is 0 Å². The van der Waals surface area contributed by atoms with Crippen LogP contribution in [0, 0.1) is 0 Å². The fraction of sp³-hybridized carbons (Fsp3) is 1.00. The minimum absolute atomic E-state index is 0.874. The molecule has 3 aliphatic heterocycles. The van der Waals surface area contributed by atoms with Gasteiger partial charge in [0.05, 0.1) is 6.17 Å². The van der Waals surface area contributed by atoms with Gasteiger partial charge in [-0.2, -0.15) is 0 Å². The number of hydrogen-bond donors (Lipinski definition) is 0. The third-order valence-electron chi connectivity index (χ3n) is 3.16. The molecule has 3 atom stereocenters. The zero-order valence-corrected chi connectivity index (χ0v) is 6.29. The summed E-state index contributed by atoms with van der Waals surface area (Å²) in [6.45, 7) is 4.16. The van der Waals surface area contributed by atoms with Crippen molar-refractivity contribution in [3.05, 3.63) is 0 Å². The highest BCUT2D eigenvalue weighted by Gasteiger charge is 2.49. The highest BCUT2D eigenvalue weighted by Crippen LogP contribution is 2.36. The van der Waals surface area contributed by atoms with Gasteiger partial charge in [0.2, 0.25) is 0 Å². The predicted molar refractivity (Wildman–Crippen MR) is 39.7 cm³/mol. The second-order valence-corrected chi connectivity index (χ2v) is 3.82. The van der Waals surface area contributed by atoms with E-state index in [4.69, 9.17) is 0 Å². The van der Waals surface area contributed by atoms with E-state index in [1.807, 2.05) is 0 Å². The first-order chi connectivity index (χ1) is 4.95. The Morgan fingerprint density at radius 1 is 1.10 bits per heavy atom. The normalized spacial score (nSPS) is 52.2. The molecule has 3 saturated heterocycles. The average Bonchev–Trinajstić information content (AvgIpc) is 2.64. The van der Waals surface area contributed by atoms with Crippen LogP contribution in [0.15, 0.2) is 0 Å². The van der Waals surface area contributed by atoms with Gasteiger partial charge in [-0.05, 0) is 25.8 Å². The van der Waals surface area contributed by atoms with Gasteiger partial charge in [-0.15, -0.1) is 0 Å². The van der Waals surface area contributed by atoms with E-state index in [-0.39, 0.29) is 0 Å². The van der Waals surface area contributed by atoms with Gasteiger partial charge < -0.3 is 0 Å². The van der Waals surface area contributed by atoms with Crippen LogP contribution >= 0.6 is 0 Å². The number of nitrogens with zero attached hydrogens (tertiary/aromatic N) is 2. The van der Waals surface area contributed by atoms with Gasteiger partial charge in [-0.3, -0.25) is 9.80 Å². The van der Waals surface area contributed by atoms with E-state index in [1.54, 1.807) is 0 Å². The quantitative estimate of drug-likeness (QED) is 0.450. The van der Waals surface area contributed by atoms with Gasteiger partial charge in [0.25, 0.3) is 0 Å². The molecule has 3 fully saturated rings. The molecule has 2 nitrogen and oxygen atoms in total. The molecule has 0 radical (unpaired) electrons. The first kappa shape index (κ1) is 5.56. The summed E-state index contributed by atoms with van der Waals surface area (Å²) in [5.41, 5.74) is 0. The zero-order chi connectivity index (χ0) is 6.55. The maximum Gasteiger partial charge on any atom is 0.0626 e. The zero-order valence-electron chi connectivity index (χ0n) is 6.29. The summed E-state index contributed by atoms with van der Waals surface area (Å²) in [5.74, 6) is 0. The molecule has 0 saturated carbocycles. The molecule has 0 bridgehead atoms. The summed E-state index contributed by atoms with van der Waals surface area (Å²) in [5, 5.41) is 0. The number of fused-ring (bicyclic) bond motifs is 3. The second-order valence-electron chi connectivity index (χ2n) is 3.82. The van der Waals surface area contributed by atoms with Crippen LogP contribution in [0.1, 0.15) is 19.3 Å². The molecule has 3 aliphatic rings. The smallest absolute Gasteiger partial charge is 0.0626 e. The fourth-order valence-corrected chi connectivity index (χ4v) is 2.56. The molecule has 0 aromatic carbocycles. The topological polar surface area (TPSA) is 6.25 Å². The van der Waals surface area contributed by atoms with E-state index >= 15 is 0 Å². The fourth-order valence-electron chi connectivity index (χ4n) is 2.56. The van der Waals surface area contributed by atoms with Crippen molar-refractivity contribution in [2.24, 2.45) is 0 Å². The van der Waals surface area contributed by atoms with E-state index in [0.717, 1.165) is 12.2 Å². The maximum absolute atomic E-state index is 2.66. The minimum atomic E-state index is 0.874. The van der Waals surface area contributed by atoms with Gasteiger partial charge >= 0.3 is 0 Å². The maximum atomic E-state index is 2.66. The van der Waals surface area contributed by atoms with E-state index in [0.29, 0.717) is 0 Å². The molecule has 0 aliphatic carbocycles. The Balaban J connectivity index is 1.80. The molecule has 56 valence electrons. The third kappa shape index (κ3) is 0.611. The number of hydrogen-bond acceptors (Lipinski definition) is 2. The highest BCUT2D eigenvalue weighted by atomic mass is 15.5. The first-order valence-electron chi connectivity index (χ1n) is 4.45. The predicted octanol–water partition coefficient (Wildman–Crippen LogP) is 0.496. The van der Waals surface area contributed by atoms with Crippen LogP contribution in [0.5, 0.6) is 0 Å². The van der Waals surface area contributed by atoms with E-state index in [1.165, 1.54) is 38.9 Å². The Labute approximate surface area is 61.8 Å². The summed E-state index contributed by atoms with van der Waals surface area (Å²) < 4.78 is 0. The lowest BCUT2D eigenvalue weighted by molar-refractivity contribution is 0.129. The molecule has 3 rings (SSSR count). The third-order valence-corrected chi connectivity index (χ3v) is 3.16. The average molecular weight is 138 g/mol. The van der Waals surface area contributed by atoms with Crippen LogP contribution in [0.4, 0.5) is 0 Å². The summed E-state index contributed by atoms with van der Waals surface area (Å²) in [7, 11) is 0. The molecule has 3 heterocycles. The Hall–Kier alpha value is -0.0800. The Bertz CT molecular complexity index is 157. The molecule has 0 N–H and O–H groups in total. The number of rotatable bonds is 0. The van der Waals surface area contributed by atoms with Crippen LogP contribution in [0.2, 0.25) is 0 Å². The van der Waals surface area contributed by atoms with Crippen molar-refractivity contribution in [3.63, 3.8) is 0 Å². The van der Waals surface area contributed by atoms with E-state index < -0.39 is 0 Å². The molecule has 2 heteroatoms. The SMILES string of the molecule is C1CCN2CC3CN3C2C1. The molecule has 0 amide bonds. The van der Waals surface area contributed by atoms with Gasteiger partial charge in [0.15, 0.2) is 0 Å². The lowest BCUT2D eigenvalue weighted by Gasteiger charge is -2.31. The van der Waals surface area contributed by atoms with Crippen LogP contribution < -0.4 is 0 Å². The molecule has 10 heavy (non-hydrogen) atoms. The van der Waals surface area contributed by atoms with Crippen molar-refractivity contribution in [3.8, 4) is 0 Å². The number of piperidine rings is 1. The first-order valence-corrected chi connectivity index (χ1v) is 4.45. The van der Waals surface area contributed by atoms with Crippen molar-refractivity contribution in [1.29, 1.82) is 0 Å². The Kier molecular flexibility index (Phi) is 0.968. The van der Waals surface area contributed by atoms with Gasteiger partial charge in [-0.25, -0.2) is 0 Å². The van der Waals surface area contributed by atoms with Crippen LogP contribution in [0.3, 0.4) is 0 Å². The van der Waals surface area contributed by atoms with E-state index in [2.05, 4.69) is 9.80 Å². The largest absolute Gasteiger partial charge is 0.286 e. The summed E-state index contributed by atoms with van der Waals surface area (Å²) >= 11 is 0. The summed E-state index contributed by atoms with van der Waals surface area (Å²) in [6.07, 6.45) is 5.22. The molecule has 0 aromatic heterocycles. The lowest BCUT2D eigenvalue weighted by atomic mass is 10.1. The molecular weight excluding hydrogens is 124 g/mol. The van der Waals surface area contributed by atoms with Crippen molar-refractivity contribution in [2.45, 2.75) is 31.5 Å². The second kappa shape index (κ2) is 1.74. The molecule has 3 unspecified atom stereocenters. The van der Waals surface area contributed by atoms with Crippen LogP contribution in [-0.4, -0.2) is 41.6 Å². The minimum Gasteiger partial charge on any atom is -0.286 e. The van der Waals surface area contributed by atoms with Crippen molar-refractivity contribution in [1.82, 2.24) is 9.80 Å². The lowest BCUT2D eigenvalue weighted by Crippen LogP contribution is -2.39. The van der Waals surface area contributed by atoms with E-state index in [9.17, 15) is 0 Å². The Morgan fingerprint density at radius 2 is 2.10 bits per heavy atom. The summed E-state index contributed by atoms with van der Waals surface area (Å²) in [4.78, 5) is 5.32. The van der Waals surface area contributed by atoms with Crippen molar-refractivity contribution < 1.29 is 0 Å². The molecular formula is C8H14N2. The highest BCUT2D eigenvalue weighted by molar-refractivity contribution is 5.03. The van der Waals surface area contributed by atoms with Gasteiger partial charge in [0, 0.05) is 19.1 Å². The Morgan fingerprint density at radius 3 is 3.00 bits per heavy atom. The molecule has 0 spiro atoms. The van der Waals surface area contributed by atoms with Crippen molar-refractivity contribution in [2.75, 3.05) is 19.6 Å².